The van der Waals surface area contributed by atoms with Gasteiger partial charge in [0.25, 0.3) is 0 Å². The minimum absolute atomic E-state index is 0.0722. The summed E-state index contributed by atoms with van der Waals surface area (Å²) in [6.45, 7) is 5.62. The molecule has 1 N–H and O–H groups in total. The third-order valence-electron chi connectivity index (χ3n) is 8.93. The van der Waals surface area contributed by atoms with Crippen molar-refractivity contribution in [3.8, 4) is 0 Å². The molecule has 2 nitrogen and oxygen atoms in total. The summed E-state index contributed by atoms with van der Waals surface area (Å²) >= 11 is 0. The maximum absolute atomic E-state index is 9.66. The van der Waals surface area contributed by atoms with Crippen molar-refractivity contribution in [1.82, 2.24) is 0 Å². The highest BCUT2D eigenvalue weighted by Gasteiger charge is 2.07. The Morgan fingerprint density at radius 2 is 0.600 bits per heavy atom. The first-order chi connectivity index (χ1) is 19.8. The predicted molar refractivity (Wildman–Crippen MR) is 181 cm³/mol. The lowest BCUT2D eigenvalue weighted by atomic mass is 10.0. The van der Waals surface area contributed by atoms with Gasteiger partial charge < -0.3 is 9.84 Å². The molecule has 0 spiro atoms. The summed E-state index contributed by atoms with van der Waals surface area (Å²) in [5.41, 5.74) is 0. The molecule has 0 aromatic carbocycles. The van der Waals surface area contributed by atoms with Gasteiger partial charge in [-0.05, 0) is 12.8 Å². The molecule has 242 valence electrons. The number of rotatable bonds is 36. The first-order valence-corrected chi connectivity index (χ1v) is 19.1. The van der Waals surface area contributed by atoms with Crippen molar-refractivity contribution in [2.75, 3.05) is 13.2 Å². The van der Waals surface area contributed by atoms with E-state index in [4.69, 9.17) is 4.74 Å². The molecular formula is C38H78O2. The normalized spacial score (nSPS) is 12.4. The number of aliphatic hydroxyl groups is 1. The molecule has 0 aliphatic rings. The van der Waals surface area contributed by atoms with Crippen molar-refractivity contribution >= 4 is 0 Å². The van der Waals surface area contributed by atoms with Gasteiger partial charge in [0.1, 0.15) is 0 Å². The van der Waals surface area contributed by atoms with Gasteiger partial charge >= 0.3 is 0 Å². The van der Waals surface area contributed by atoms with E-state index in [1.54, 1.807) is 0 Å². The Hall–Kier alpha value is -0.0800. The topological polar surface area (TPSA) is 29.5 Å². The van der Waals surface area contributed by atoms with Gasteiger partial charge in [0.05, 0.1) is 12.7 Å². The van der Waals surface area contributed by atoms with Gasteiger partial charge in [-0.15, -0.1) is 0 Å². The first kappa shape index (κ1) is 39.9. The van der Waals surface area contributed by atoms with E-state index in [1.807, 2.05) is 0 Å². The number of hydrogen-bond acceptors (Lipinski definition) is 2. The Kier molecular flexibility index (Phi) is 36.9. The Bertz CT molecular complexity index is 424. The SMILES string of the molecule is CCCCCCCCCCCCCCCCCCOC(CO)CCCCCCCCCCCCCCCCCC. The fourth-order valence-electron chi connectivity index (χ4n) is 6.05. The van der Waals surface area contributed by atoms with E-state index in [1.165, 1.54) is 199 Å². The first-order valence-electron chi connectivity index (χ1n) is 19.1. The standard InChI is InChI=1S/C38H78O2/c1-3-5-7-9-11-13-15-17-19-21-23-25-27-29-31-33-35-38(37-39)40-36-34-32-30-28-26-24-22-20-18-16-14-12-10-8-6-4-2/h38-39H,3-37H2,1-2H3. The van der Waals surface area contributed by atoms with Crippen molar-refractivity contribution in [2.24, 2.45) is 0 Å². The molecule has 1 atom stereocenters. The maximum atomic E-state index is 9.66. The lowest BCUT2D eigenvalue weighted by Gasteiger charge is -2.15. The van der Waals surface area contributed by atoms with Gasteiger partial charge in [-0.3, -0.25) is 0 Å². The van der Waals surface area contributed by atoms with E-state index in [-0.39, 0.29) is 12.7 Å². The molecule has 0 saturated heterocycles. The van der Waals surface area contributed by atoms with Crippen molar-refractivity contribution in [3.05, 3.63) is 0 Å². The minimum Gasteiger partial charge on any atom is -0.394 e. The molecule has 0 radical (unpaired) electrons. The Balaban J connectivity index is 3.24. The van der Waals surface area contributed by atoms with E-state index in [2.05, 4.69) is 13.8 Å². The third-order valence-corrected chi connectivity index (χ3v) is 8.93. The molecule has 0 amide bonds. The summed E-state index contributed by atoms with van der Waals surface area (Å²) in [5, 5.41) is 9.66. The second-order valence-electron chi connectivity index (χ2n) is 13.1. The van der Waals surface area contributed by atoms with Crippen molar-refractivity contribution in [1.29, 1.82) is 0 Å². The summed E-state index contributed by atoms with van der Waals surface area (Å²) in [7, 11) is 0. The summed E-state index contributed by atoms with van der Waals surface area (Å²) in [6.07, 6.45) is 46.1. The smallest absolute Gasteiger partial charge is 0.0805 e. The fraction of sp³-hybridized carbons (Fsp3) is 1.00. The van der Waals surface area contributed by atoms with Gasteiger partial charge in [0.15, 0.2) is 0 Å². The van der Waals surface area contributed by atoms with E-state index >= 15 is 0 Å². The largest absolute Gasteiger partial charge is 0.394 e. The highest BCUT2D eigenvalue weighted by molar-refractivity contribution is 4.58. The van der Waals surface area contributed by atoms with Crippen LogP contribution in [0.5, 0.6) is 0 Å². The van der Waals surface area contributed by atoms with Crippen LogP contribution in [-0.4, -0.2) is 24.4 Å². The average Bonchev–Trinajstić information content (AvgIpc) is 2.97. The van der Waals surface area contributed by atoms with Crippen LogP contribution >= 0.6 is 0 Å². The number of ether oxygens (including phenoxy) is 1. The molecule has 0 saturated carbocycles. The van der Waals surface area contributed by atoms with Gasteiger partial charge in [-0.25, -0.2) is 0 Å². The van der Waals surface area contributed by atoms with Crippen molar-refractivity contribution in [2.45, 2.75) is 232 Å². The Labute approximate surface area is 254 Å². The zero-order valence-corrected chi connectivity index (χ0v) is 28.2. The Morgan fingerprint density at radius 1 is 0.350 bits per heavy atom. The molecule has 0 bridgehead atoms. The van der Waals surface area contributed by atoms with Crippen LogP contribution in [0.25, 0.3) is 0 Å². The lowest BCUT2D eigenvalue weighted by molar-refractivity contribution is 0.00497. The predicted octanol–water partition coefficient (Wildman–Crippen LogP) is 13.3. The van der Waals surface area contributed by atoms with Crippen molar-refractivity contribution in [3.63, 3.8) is 0 Å². The average molecular weight is 567 g/mol. The molecule has 0 aliphatic heterocycles. The second kappa shape index (κ2) is 36.9. The zero-order valence-electron chi connectivity index (χ0n) is 28.2. The summed E-state index contributed by atoms with van der Waals surface area (Å²) < 4.78 is 5.98. The highest BCUT2D eigenvalue weighted by atomic mass is 16.5. The van der Waals surface area contributed by atoms with Crippen LogP contribution in [0, 0.1) is 0 Å². The summed E-state index contributed by atoms with van der Waals surface area (Å²) in [4.78, 5) is 0. The van der Waals surface area contributed by atoms with Gasteiger partial charge in [-0.2, -0.15) is 0 Å². The van der Waals surface area contributed by atoms with Crippen LogP contribution in [0.3, 0.4) is 0 Å². The van der Waals surface area contributed by atoms with E-state index < -0.39 is 0 Å². The second-order valence-corrected chi connectivity index (χ2v) is 13.1. The molecule has 0 fully saturated rings. The van der Waals surface area contributed by atoms with Crippen LogP contribution < -0.4 is 0 Å². The van der Waals surface area contributed by atoms with Crippen LogP contribution in [0.15, 0.2) is 0 Å². The van der Waals surface area contributed by atoms with E-state index in [0.29, 0.717) is 0 Å². The molecule has 1 unspecified atom stereocenters. The highest BCUT2D eigenvalue weighted by Crippen LogP contribution is 2.16. The van der Waals surface area contributed by atoms with E-state index in [0.717, 1.165) is 19.4 Å². The molecule has 0 aliphatic carbocycles. The summed E-state index contributed by atoms with van der Waals surface area (Å²) in [5.74, 6) is 0. The monoisotopic (exact) mass is 567 g/mol. The van der Waals surface area contributed by atoms with Crippen LogP contribution in [-0.2, 0) is 4.74 Å². The maximum Gasteiger partial charge on any atom is 0.0805 e. The molecule has 0 aromatic rings. The van der Waals surface area contributed by atoms with Gasteiger partial charge in [0.2, 0.25) is 0 Å². The lowest BCUT2D eigenvalue weighted by Crippen LogP contribution is -2.18. The molecular weight excluding hydrogens is 488 g/mol. The number of unbranched alkanes of at least 4 members (excludes halogenated alkanes) is 30. The molecule has 40 heavy (non-hydrogen) atoms. The minimum atomic E-state index is 0.0722. The van der Waals surface area contributed by atoms with Crippen LogP contribution in [0.4, 0.5) is 0 Å². The third kappa shape index (κ3) is 34.1. The zero-order chi connectivity index (χ0) is 29.0. The van der Waals surface area contributed by atoms with Crippen molar-refractivity contribution < 1.29 is 9.84 Å². The molecule has 0 aromatic heterocycles. The number of hydrogen-bond donors (Lipinski definition) is 1. The van der Waals surface area contributed by atoms with Crippen LogP contribution in [0.1, 0.15) is 226 Å². The molecule has 0 heterocycles. The van der Waals surface area contributed by atoms with Crippen LogP contribution in [0.2, 0.25) is 0 Å². The van der Waals surface area contributed by atoms with Gasteiger partial charge in [-0.1, -0.05) is 213 Å². The Morgan fingerprint density at radius 3 is 0.875 bits per heavy atom. The fourth-order valence-corrected chi connectivity index (χ4v) is 6.05. The molecule has 0 rings (SSSR count). The summed E-state index contributed by atoms with van der Waals surface area (Å²) in [6, 6.07) is 0. The molecule has 2 heteroatoms. The van der Waals surface area contributed by atoms with E-state index in [9.17, 15) is 5.11 Å². The quantitative estimate of drug-likeness (QED) is 0.0764. The number of aliphatic hydroxyl groups excluding tert-OH is 1. The van der Waals surface area contributed by atoms with Gasteiger partial charge in [0, 0.05) is 6.61 Å².